The highest BCUT2D eigenvalue weighted by Gasteiger charge is 2.09. The lowest BCUT2D eigenvalue weighted by molar-refractivity contribution is 0.280. The summed E-state index contributed by atoms with van der Waals surface area (Å²) in [6.45, 7) is 0.194. The Morgan fingerprint density at radius 1 is 1.33 bits per heavy atom. The van der Waals surface area contributed by atoms with Crippen LogP contribution < -0.4 is 5.73 Å². The predicted octanol–water partition coefficient (Wildman–Crippen LogP) is 3.41. The second-order valence-corrected chi connectivity index (χ2v) is 4.91. The SMILES string of the molecule is Cl.N[C@@H](CCCO)c1cc(Br)ccc1Br. The summed E-state index contributed by atoms with van der Waals surface area (Å²) in [7, 11) is 0. The molecule has 0 radical (unpaired) electrons. The van der Waals surface area contributed by atoms with Gasteiger partial charge >= 0.3 is 0 Å². The molecule has 0 aromatic heterocycles. The highest BCUT2D eigenvalue weighted by atomic mass is 79.9. The minimum atomic E-state index is -0.0194. The summed E-state index contributed by atoms with van der Waals surface area (Å²) in [4.78, 5) is 0. The van der Waals surface area contributed by atoms with Crippen molar-refractivity contribution in [2.24, 2.45) is 5.73 Å². The van der Waals surface area contributed by atoms with Crippen LogP contribution in [-0.2, 0) is 0 Å². The van der Waals surface area contributed by atoms with E-state index in [0.29, 0.717) is 0 Å². The van der Waals surface area contributed by atoms with Gasteiger partial charge in [0.25, 0.3) is 0 Å². The molecule has 1 atom stereocenters. The molecule has 15 heavy (non-hydrogen) atoms. The molecule has 0 bridgehead atoms. The van der Waals surface area contributed by atoms with E-state index in [2.05, 4.69) is 31.9 Å². The smallest absolute Gasteiger partial charge is 0.0431 e. The fraction of sp³-hybridized carbons (Fsp3) is 0.400. The summed E-state index contributed by atoms with van der Waals surface area (Å²) in [5.74, 6) is 0. The molecule has 1 aromatic carbocycles. The van der Waals surface area contributed by atoms with Crippen LogP contribution in [0.2, 0.25) is 0 Å². The number of nitrogens with two attached hydrogens (primary N) is 1. The molecule has 0 heterocycles. The zero-order valence-electron chi connectivity index (χ0n) is 8.12. The molecule has 0 saturated heterocycles. The number of aliphatic hydroxyl groups excluding tert-OH is 1. The Bertz CT molecular complexity index is 309. The van der Waals surface area contributed by atoms with Gasteiger partial charge in [-0.2, -0.15) is 0 Å². The van der Waals surface area contributed by atoms with Gasteiger partial charge in [0, 0.05) is 21.6 Å². The summed E-state index contributed by atoms with van der Waals surface area (Å²) >= 11 is 6.87. The van der Waals surface area contributed by atoms with Gasteiger partial charge in [0.15, 0.2) is 0 Å². The maximum atomic E-state index is 8.71. The summed E-state index contributed by atoms with van der Waals surface area (Å²) in [5, 5.41) is 8.71. The lowest BCUT2D eigenvalue weighted by atomic mass is 10.0. The fourth-order valence-corrected chi connectivity index (χ4v) is 2.18. The molecule has 0 fully saturated rings. The molecule has 1 aromatic rings. The van der Waals surface area contributed by atoms with Gasteiger partial charge in [-0.05, 0) is 36.6 Å². The Labute approximate surface area is 113 Å². The molecule has 86 valence electrons. The number of benzene rings is 1. The van der Waals surface area contributed by atoms with Gasteiger partial charge in [-0.1, -0.05) is 31.9 Å². The van der Waals surface area contributed by atoms with Crippen LogP contribution in [-0.4, -0.2) is 11.7 Å². The zero-order valence-corrected chi connectivity index (χ0v) is 12.1. The van der Waals surface area contributed by atoms with Gasteiger partial charge in [-0.25, -0.2) is 0 Å². The third-order valence-corrected chi connectivity index (χ3v) is 3.25. The lowest BCUT2D eigenvalue weighted by Crippen LogP contribution is -2.11. The zero-order chi connectivity index (χ0) is 10.6. The topological polar surface area (TPSA) is 46.2 Å². The Balaban J connectivity index is 0.00000196. The van der Waals surface area contributed by atoms with Gasteiger partial charge in [-0.15, -0.1) is 12.4 Å². The quantitative estimate of drug-likeness (QED) is 0.865. The minimum absolute atomic E-state index is 0. The van der Waals surface area contributed by atoms with Crippen molar-refractivity contribution in [1.29, 1.82) is 0 Å². The van der Waals surface area contributed by atoms with Crippen molar-refractivity contribution in [2.75, 3.05) is 6.61 Å². The molecular formula is C10H14Br2ClNO. The van der Waals surface area contributed by atoms with E-state index in [4.69, 9.17) is 10.8 Å². The normalized spacial score (nSPS) is 12.0. The number of halogens is 3. The largest absolute Gasteiger partial charge is 0.396 e. The molecule has 0 aliphatic heterocycles. The highest BCUT2D eigenvalue weighted by molar-refractivity contribution is 9.11. The summed E-state index contributed by atoms with van der Waals surface area (Å²) in [6, 6.07) is 5.92. The van der Waals surface area contributed by atoms with Gasteiger partial charge in [0.1, 0.15) is 0 Å². The first-order chi connectivity index (χ1) is 6.65. The van der Waals surface area contributed by atoms with Crippen molar-refractivity contribution < 1.29 is 5.11 Å². The molecule has 0 spiro atoms. The number of hydrogen-bond donors (Lipinski definition) is 2. The highest BCUT2D eigenvalue weighted by Crippen LogP contribution is 2.27. The van der Waals surface area contributed by atoms with Gasteiger partial charge in [-0.3, -0.25) is 0 Å². The average Bonchev–Trinajstić information content (AvgIpc) is 2.18. The number of aliphatic hydroxyl groups is 1. The maximum Gasteiger partial charge on any atom is 0.0431 e. The van der Waals surface area contributed by atoms with Crippen LogP contribution in [0.15, 0.2) is 27.1 Å². The number of rotatable bonds is 4. The standard InChI is InChI=1S/C10H13Br2NO.ClH/c11-7-3-4-9(12)8(6-7)10(13)2-1-5-14;/h3-4,6,10,14H,1-2,5,13H2;1H/t10-;/m0./s1. The second kappa shape index (κ2) is 7.63. The van der Waals surface area contributed by atoms with Crippen LogP contribution in [0.1, 0.15) is 24.4 Å². The van der Waals surface area contributed by atoms with E-state index in [9.17, 15) is 0 Å². The lowest BCUT2D eigenvalue weighted by Gasteiger charge is -2.13. The van der Waals surface area contributed by atoms with Crippen molar-refractivity contribution in [3.8, 4) is 0 Å². The maximum absolute atomic E-state index is 8.71. The van der Waals surface area contributed by atoms with E-state index in [-0.39, 0.29) is 25.1 Å². The van der Waals surface area contributed by atoms with Crippen molar-refractivity contribution in [2.45, 2.75) is 18.9 Å². The van der Waals surface area contributed by atoms with Crippen LogP contribution in [0.4, 0.5) is 0 Å². The van der Waals surface area contributed by atoms with E-state index in [0.717, 1.165) is 27.4 Å². The third kappa shape index (κ3) is 4.83. The van der Waals surface area contributed by atoms with E-state index in [1.165, 1.54) is 0 Å². The van der Waals surface area contributed by atoms with Gasteiger partial charge in [0.05, 0.1) is 0 Å². The first-order valence-electron chi connectivity index (χ1n) is 4.46. The van der Waals surface area contributed by atoms with Crippen LogP contribution >= 0.6 is 44.3 Å². The first-order valence-corrected chi connectivity index (χ1v) is 6.05. The van der Waals surface area contributed by atoms with Gasteiger partial charge in [0.2, 0.25) is 0 Å². The van der Waals surface area contributed by atoms with Crippen molar-refractivity contribution in [1.82, 2.24) is 0 Å². The third-order valence-electron chi connectivity index (χ3n) is 2.03. The van der Waals surface area contributed by atoms with E-state index < -0.39 is 0 Å². The van der Waals surface area contributed by atoms with Crippen molar-refractivity contribution in [3.05, 3.63) is 32.7 Å². The molecule has 5 heteroatoms. The van der Waals surface area contributed by atoms with E-state index in [1.54, 1.807) is 0 Å². The molecule has 1 rings (SSSR count). The fourth-order valence-electron chi connectivity index (χ4n) is 1.27. The predicted molar refractivity (Wildman–Crippen MR) is 72.3 cm³/mol. The molecule has 0 aliphatic carbocycles. The summed E-state index contributed by atoms with van der Waals surface area (Å²) in [5.41, 5.74) is 7.07. The van der Waals surface area contributed by atoms with Gasteiger partial charge < -0.3 is 10.8 Å². The average molecular weight is 359 g/mol. The van der Waals surface area contributed by atoms with Crippen molar-refractivity contribution in [3.63, 3.8) is 0 Å². The van der Waals surface area contributed by atoms with Crippen LogP contribution in [0.3, 0.4) is 0 Å². The Morgan fingerprint density at radius 2 is 2.00 bits per heavy atom. The van der Waals surface area contributed by atoms with Crippen LogP contribution in [0, 0.1) is 0 Å². The monoisotopic (exact) mass is 357 g/mol. The summed E-state index contributed by atoms with van der Waals surface area (Å²) in [6.07, 6.45) is 1.53. The summed E-state index contributed by atoms with van der Waals surface area (Å²) < 4.78 is 2.04. The number of hydrogen-bond acceptors (Lipinski definition) is 2. The van der Waals surface area contributed by atoms with Crippen LogP contribution in [0.25, 0.3) is 0 Å². The Kier molecular flexibility index (Phi) is 7.83. The molecule has 0 unspecified atom stereocenters. The molecule has 2 nitrogen and oxygen atoms in total. The Morgan fingerprint density at radius 3 is 2.60 bits per heavy atom. The minimum Gasteiger partial charge on any atom is -0.396 e. The molecule has 0 aliphatic rings. The molecule has 0 amide bonds. The van der Waals surface area contributed by atoms with E-state index >= 15 is 0 Å². The Hall–Kier alpha value is 0.390. The molecule has 0 saturated carbocycles. The molecular weight excluding hydrogens is 345 g/mol. The first kappa shape index (κ1) is 15.4. The van der Waals surface area contributed by atoms with E-state index in [1.807, 2.05) is 18.2 Å². The van der Waals surface area contributed by atoms with Crippen LogP contribution in [0.5, 0.6) is 0 Å². The van der Waals surface area contributed by atoms with Crippen molar-refractivity contribution >= 4 is 44.3 Å². The molecule has 3 N–H and O–H groups in total. The second-order valence-electron chi connectivity index (χ2n) is 3.14.